The third-order valence-electron chi connectivity index (χ3n) is 5.01. The van der Waals surface area contributed by atoms with Gasteiger partial charge in [-0.1, -0.05) is 41.9 Å². The number of carbonyl (C=O) groups excluding carboxylic acids is 1. The fraction of sp³-hybridized carbons (Fsp3) is 0.0870. The van der Waals surface area contributed by atoms with Gasteiger partial charge in [-0.15, -0.1) is 0 Å². The average molecular weight is 475 g/mol. The number of nitrogens with one attached hydrogen (secondary N) is 1. The van der Waals surface area contributed by atoms with Crippen LogP contribution in [0.3, 0.4) is 0 Å². The Bertz CT molecular complexity index is 1360. The minimum absolute atomic E-state index is 0.0563. The molecule has 1 N–H and O–H groups in total. The predicted octanol–water partition coefficient (Wildman–Crippen LogP) is 5.19. The Balaban J connectivity index is 2.00. The van der Waals surface area contributed by atoms with Crippen molar-refractivity contribution in [2.45, 2.75) is 6.92 Å². The summed E-state index contributed by atoms with van der Waals surface area (Å²) in [7, 11) is -4.32. The highest BCUT2D eigenvalue weighted by Crippen LogP contribution is 2.44. The van der Waals surface area contributed by atoms with Crippen LogP contribution in [0.1, 0.15) is 18.1 Å². The molecule has 1 aliphatic heterocycles. The van der Waals surface area contributed by atoms with Crippen LogP contribution in [-0.4, -0.2) is 20.9 Å². The van der Waals surface area contributed by atoms with E-state index in [1.54, 1.807) is 55.5 Å². The van der Waals surface area contributed by atoms with Crippen molar-refractivity contribution in [3.63, 3.8) is 0 Å². The van der Waals surface area contributed by atoms with Crippen LogP contribution in [0, 0.1) is 11.6 Å². The molecule has 0 radical (unpaired) electrons. The quantitative estimate of drug-likeness (QED) is 0.566. The van der Waals surface area contributed by atoms with Crippen molar-refractivity contribution in [2.24, 2.45) is 0 Å². The highest BCUT2D eigenvalue weighted by atomic mass is 35.5. The summed E-state index contributed by atoms with van der Waals surface area (Å²) in [6.45, 7) is 1.69. The Morgan fingerprint density at radius 3 is 2.41 bits per heavy atom. The molecule has 0 spiro atoms. The van der Waals surface area contributed by atoms with Gasteiger partial charge in [-0.25, -0.2) is 17.2 Å². The fourth-order valence-corrected chi connectivity index (χ4v) is 5.57. The number of amides is 1. The summed E-state index contributed by atoms with van der Waals surface area (Å²) >= 11 is 6.21. The van der Waals surface area contributed by atoms with E-state index < -0.39 is 32.5 Å². The number of hydrogen-bond acceptors (Lipinski definition) is 3. The second-order valence-corrected chi connectivity index (χ2v) is 9.22. The summed E-state index contributed by atoms with van der Waals surface area (Å²) in [4.78, 5) is 12.7. The number of fused-ring (bicyclic) bond motifs is 1. The van der Waals surface area contributed by atoms with Gasteiger partial charge in [0.1, 0.15) is 11.6 Å². The van der Waals surface area contributed by atoms with Gasteiger partial charge in [-0.3, -0.25) is 9.10 Å². The number of carbonyl (C=O) groups is 1. The molecule has 0 aromatic heterocycles. The largest absolute Gasteiger partial charge is 0.319 e. The normalized spacial score (nSPS) is 14.8. The maximum atomic E-state index is 14.2. The molecule has 1 aliphatic rings. The molecule has 0 unspecified atom stereocenters. The zero-order chi connectivity index (χ0) is 23.0. The Morgan fingerprint density at radius 1 is 1.03 bits per heavy atom. The van der Waals surface area contributed by atoms with Gasteiger partial charge in [-0.2, -0.15) is 0 Å². The van der Waals surface area contributed by atoms with Crippen molar-refractivity contribution in [3.05, 3.63) is 99.4 Å². The van der Waals surface area contributed by atoms with E-state index in [9.17, 15) is 22.0 Å². The summed E-state index contributed by atoms with van der Waals surface area (Å²) in [5, 5.41) is 2.63. The van der Waals surface area contributed by atoms with Crippen molar-refractivity contribution in [1.29, 1.82) is 0 Å². The maximum Gasteiger partial charge on any atom is 0.270 e. The number of nitrogens with zero attached hydrogens (tertiary/aromatic N) is 1. The molecule has 164 valence electrons. The molecule has 3 aromatic carbocycles. The first-order chi connectivity index (χ1) is 15.2. The lowest BCUT2D eigenvalue weighted by molar-refractivity contribution is -0.112. The van der Waals surface area contributed by atoms with Crippen LogP contribution in [0.15, 0.2) is 71.6 Å². The van der Waals surface area contributed by atoms with E-state index in [0.29, 0.717) is 27.9 Å². The summed E-state index contributed by atoms with van der Waals surface area (Å²) < 4.78 is 55.7. The van der Waals surface area contributed by atoms with Gasteiger partial charge >= 0.3 is 0 Å². The highest BCUT2D eigenvalue weighted by Gasteiger charge is 2.41. The minimum Gasteiger partial charge on any atom is -0.319 e. The first-order valence-electron chi connectivity index (χ1n) is 9.62. The fourth-order valence-electron chi connectivity index (χ4n) is 3.65. The summed E-state index contributed by atoms with van der Waals surface area (Å²) in [5.74, 6) is -2.89. The predicted molar refractivity (Wildman–Crippen MR) is 121 cm³/mol. The van der Waals surface area contributed by atoms with E-state index in [2.05, 4.69) is 5.32 Å². The van der Waals surface area contributed by atoms with E-state index in [0.717, 1.165) is 16.4 Å². The van der Waals surface area contributed by atoms with Crippen LogP contribution >= 0.6 is 11.6 Å². The van der Waals surface area contributed by atoms with Crippen molar-refractivity contribution in [3.8, 4) is 0 Å². The van der Waals surface area contributed by atoms with Crippen molar-refractivity contribution >= 4 is 44.5 Å². The van der Waals surface area contributed by atoms with E-state index in [4.69, 9.17) is 11.6 Å². The molecule has 1 heterocycles. The van der Waals surface area contributed by atoms with Crippen molar-refractivity contribution in [2.75, 3.05) is 16.2 Å². The Kier molecular flexibility index (Phi) is 5.75. The van der Waals surface area contributed by atoms with E-state index >= 15 is 0 Å². The number of rotatable bonds is 4. The second-order valence-electron chi connectivity index (χ2n) is 6.98. The Hall–Kier alpha value is -3.23. The van der Waals surface area contributed by atoms with Gasteiger partial charge in [0.2, 0.25) is 0 Å². The first-order valence-corrected chi connectivity index (χ1v) is 11.4. The first kappa shape index (κ1) is 22.0. The third kappa shape index (κ3) is 3.76. The number of halogens is 3. The lowest BCUT2D eigenvalue weighted by Gasteiger charge is -2.33. The molecule has 0 atom stereocenters. The molecule has 3 aromatic rings. The molecular formula is C23H17ClF2N2O3S. The molecule has 0 saturated heterocycles. The summed E-state index contributed by atoms with van der Waals surface area (Å²) in [6.07, 6.45) is 0. The summed E-state index contributed by atoms with van der Waals surface area (Å²) in [5.41, 5.74) is 1.10. The van der Waals surface area contributed by atoms with Crippen LogP contribution in [0.2, 0.25) is 5.02 Å². The highest BCUT2D eigenvalue weighted by molar-refractivity contribution is 7.97. The molecule has 1 amide bonds. The SMILES string of the molecule is CCN1c2ccc(Cl)cc2C(c2ccccc2)=C(C(=O)Nc2ccc(F)cc2F)S1(=O)=O. The van der Waals surface area contributed by atoms with Gasteiger partial charge in [0, 0.05) is 28.8 Å². The van der Waals surface area contributed by atoms with Crippen molar-refractivity contribution in [1.82, 2.24) is 0 Å². The minimum atomic E-state index is -4.32. The van der Waals surface area contributed by atoms with Crippen LogP contribution in [0.4, 0.5) is 20.2 Å². The number of anilines is 2. The number of benzene rings is 3. The van der Waals surface area contributed by atoms with Crippen LogP contribution in [-0.2, 0) is 14.8 Å². The molecule has 0 fully saturated rings. The molecule has 32 heavy (non-hydrogen) atoms. The van der Waals surface area contributed by atoms with Crippen LogP contribution in [0.25, 0.3) is 5.57 Å². The average Bonchev–Trinajstić information content (AvgIpc) is 2.75. The van der Waals surface area contributed by atoms with Gasteiger partial charge in [0.25, 0.3) is 15.9 Å². The van der Waals surface area contributed by atoms with Crippen LogP contribution < -0.4 is 9.62 Å². The Labute approximate surface area is 189 Å². The van der Waals surface area contributed by atoms with E-state index in [1.165, 1.54) is 0 Å². The maximum absolute atomic E-state index is 14.2. The van der Waals surface area contributed by atoms with Crippen LogP contribution in [0.5, 0.6) is 0 Å². The monoisotopic (exact) mass is 474 g/mol. The molecule has 0 saturated carbocycles. The number of hydrogen-bond donors (Lipinski definition) is 1. The van der Waals surface area contributed by atoms with Gasteiger partial charge < -0.3 is 5.32 Å². The lowest BCUT2D eigenvalue weighted by atomic mass is 9.95. The molecular weight excluding hydrogens is 458 g/mol. The summed E-state index contributed by atoms with van der Waals surface area (Å²) in [6, 6.07) is 15.8. The molecule has 0 aliphatic carbocycles. The lowest BCUT2D eigenvalue weighted by Crippen LogP contribution is -2.39. The second kappa shape index (κ2) is 8.37. The third-order valence-corrected chi connectivity index (χ3v) is 7.18. The zero-order valence-electron chi connectivity index (χ0n) is 16.8. The van der Waals surface area contributed by atoms with Gasteiger partial charge in [-0.05, 0) is 42.8 Å². The molecule has 4 rings (SSSR count). The molecule has 0 bridgehead atoms. The molecule has 5 nitrogen and oxygen atoms in total. The zero-order valence-corrected chi connectivity index (χ0v) is 18.3. The van der Waals surface area contributed by atoms with Gasteiger partial charge in [0.05, 0.1) is 11.4 Å². The smallest absolute Gasteiger partial charge is 0.270 e. The Morgan fingerprint density at radius 2 is 1.75 bits per heavy atom. The molecule has 9 heteroatoms. The number of sulfonamides is 1. The van der Waals surface area contributed by atoms with Gasteiger partial charge in [0.15, 0.2) is 4.91 Å². The van der Waals surface area contributed by atoms with E-state index in [-0.39, 0.29) is 17.8 Å². The van der Waals surface area contributed by atoms with Crippen molar-refractivity contribution < 1.29 is 22.0 Å². The van der Waals surface area contributed by atoms with E-state index in [1.807, 2.05) is 0 Å². The topological polar surface area (TPSA) is 66.5 Å². The standard InChI is InChI=1S/C23H17ClF2N2O3S/c1-2-28-20-11-8-15(24)12-17(20)21(14-6-4-3-5-7-14)22(32(28,30)31)23(29)27-19-10-9-16(25)13-18(19)26/h3-13H,2H2,1H3,(H,27,29).